The van der Waals surface area contributed by atoms with Crippen molar-refractivity contribution in [2.24, 2.45) is 0 Å². The smallest absolute Gasteiger partial charge is 0.235 e. The van der Waals surface area contributed by atoms with Crippen LogP contribution in [0.4, 0.5) is 0 Å². The van der Waals surface area contributed by atoms with E-state index in [0.29, 0.717) is 19.1 Å². The van der Waals surface area contributed by atoms with Gasteiger partial charge in [0, 0.05) is 31.1 Å². The van der Waals surface area contributed by atoms with Crippen molar-refractivity contribution in [1.82, 2.24) is 9.21 Å². The van der Waals surface area contributed by atoms with E-state index in [1.807, 2.05) is 0 Å². The maximum atomic E-state index is 11.5. The maximum absolute atomic E-state index is 11.5. The van der Waals surface area contributed by atoms with Gasteiger partial charge in [0.15, 0.2) is 0 Å². The highest BCUT2D eigenvalue weighted by Crippen LogP contribution is 2.23. The Morgan fingerprint density at radius 2 is 2.07 bits per heavy atom. The van der Waals surface area contributed by atoms with Crippen molar-refractivity contribution in [3.05, 3.63) is 12.0 Å². The molecular formula is C9H16N2O2S. The van der Waals surface area contributed by atoms with Crippen LogP contribution in [0.15, 0.2) is 12.0 Å². The van der Waals surface area contributed by atoms with E-state index in [-0.39, 0.29) is 0 Å². The highest BCUT2D eigenvalue weighted by atomic mass is 32.2. The van der Waals surface area contributed by atoms with E-state index >= 15 is 0 Å². The Labute approximate surface area is 85.2 Å². The van der Waals surface area contributed by atoms with Crippen LogP contribution in [0.5, 0.6) is 0 Å². The van der Waals surface area contributed by atoms with Crippen LogP contribution in [-0.4, -0.2) is 49.8 Å². The van der Waals surface area contributed by atoms with Crippen molar-refractivity contribution in [3.63, 3.8) is 0 Å². The van der Waals surface area contributed by atoms with Gasteiger partial charge in [0.05, 0.1) is 0 Å². The van der Waals surface area contributed by atoms with Gasteiger partial charge in [0.25, 0.3) is 0 Å². The van der Waals surface area contributed by atoms with Crippen molar-refractivity contribution < 1.29 is 8.42 Å². The molecule has 0 bridgehead atoms. The van der Waals surface area contributed by atoms with Gasteiger partial charge in [-0.1, -0.05) is 6.58 Å². The molecule has 0 N–H and O–H groups in total. The van der Waals surface area contributed by atoms with Crippen LogP contribution in [-0.2, 0) is 10.0 Å². The van der Waals surface area contributed by atoms with Gasteiger partial charge in [-0.2, -0.15) is 4.31 Å². The summed E-state index contributed by atoms with van der Waals surface area (Å²) in [5.74, 6) is 0. The van der Waals surface area contributed by atoms with Crippen LogP contribution in [0.2, 0.25) is 0 Å². The molecule has 0 aliphatic carbocycles. The number of rotatable bonds is 2. The second kappa shape index (κ2) is 3.64. The fourth-order valence-corrected chi connectivity index (χ4v) is 3.23. The molecule has 0 amide bonds. The van der Waals surface area contributed by atoms with Crippen LogP contribution >= 0.6 is 0 Å². The molecule has 2 aliphatic rings. The largest absolute Gasteiger partial charge is 0.298 e. The minimum atomic E-state index is -3.19. The molecule has 2 fully saturated rings. The van der Waals surface area contributed by atoms with Crippen molar-refractivity contribution in [2.45, 2.75) is 18.9 Å². The van der Waals surface area contributed by atoms with Gasteiger partial charge in [0.1, 0.15) is 0 Å². The number of nitrogens with zero attached hydrogens (tertiary/aromatic N) is 2. The summed E-state index contributed by atoms with van der Waals surface area (Å²) in [6.45, 7) is 6.62. The molecule has 14 heavy (non-hydrogen) atoms. The van der Waals surface area contributed by atoms with Gasteiger partial charge in [-0.05, 0) is 19.4 Å². The third-order valence-corrected chi connectivity index (χ3v) is 4.59. The fourth-order valence-electron chi connectivity index (χ4n) is 2.30. The zero-order valence-electron chi connectivity index (χ0n) is 8.22. The minimum absolute atomic E-state index is 0.443. The summed E-state index contributed by atoms with van der Waals surface area (Å²) in [5.41, 5.74) is 0. The fraction of sp³-hybridized carbons (Fsp3) is 0.778. The van der Waals surface area contributed by atoms with E-state index in [9.17, 15) is 8.42 Å². The molecule has 0 aromatic carbocycles. The molecule has 2 heterocycles. The Kier molecular flexibility index (Phi) is 2.64. The zero-order chi connectivity index (χ0) is 10.2. The first-order valence-corrected chi connectivity index (χ1v) is 6.50. The van der Waals surface area contributed by atoms with Gasteiger partial charge in [0.2, 0.25) is 10.0 Å². The molecular weight excluding hydrogens is 200 g/mol. The number of hydrogen-bond acceptors (Lipinski definition) is 3. The molecule has 0 aromatic rings. The van der Waals surface area contributed by atoms with Crippen molar-refractivity contribution in [1.29, 1.82) is 0 Å². The highest BCUT2D eigenvalue weighted by molar-refractivity contribution is 7.92. The summed E-state index contributed by atoms with van der Waals surface area (Å²) in [7, 11) is -3.19. The lowest BCUT2D eigenvalue weighted by atomic mass is 10.2. The molecule has 0 aromatic heterocycles. The maximum Gasteiger partial charge on any atom is 0.235 e. The second-order valence-electron chi connectivity index (χ2n) is 3.90. The Morgan fingerprint density at radius 1 is 1.29 bits per heavy atom. The predicted molar refractivity (Wildman–Crippen MR) is 55.3 cm³/mol. The highest BCUT2D eigenvalue weighted by Gasteiger charge is 2.34. The molecule has 0 spiro atoms. The van der Waals surface area contributed by atoms with Crippen LogP contribution in [0, 0.1) is 0 Å². The average molecular weight is 216 g/mol. The molecule has 0 radical (unpaired) electrons. The quantitative estimate of drug-likeness (QED) is 0.664. The van der Waals surface area contributed by atoms with E-state index in [4.69, 9.17) is 0 Å². The first-order valence-electron chi connectivity index (χ1n) is 5.00. The van der Waals surface area contributed by atoms with Crippen LogP contribution in [0.25, 0.3) is 0 Å². The average Bonchev–Trinajstić information content (AvgIpc) is 2.64. The number of piperazine rings is 1. The van der Waals surface area contributed by atoms with E-state index in [1.54, 1.807) is 4.31 Å². The topological polar surface area (TPSA) is 40.6 Å². The van der Waals surface area contributed by atoms with Gasteiger partial charge in [-0.15, -0.1) is 0 Å². The van der Waals surface area contributed by atoms with Gasteiger partial charge >= 0.3 is 0 Å². The summed E-state index contributed by atoms with van der Waals surface area (Å²) >= 11 is 0. The lowest BCUT2D eigenvalue weighted by molar-refractivity contribution is 0.159. The third-order valence-electron chi connectivity index (χ3n) is 3.12. The summed E-state index contributed by atoms with van der Waals surface area (Å²) < 4.78 is 24.6. The van der Waals surface area contributed by atoms with E-state index in [0.717, 1.165) is 24.9 Å². The molecule has 1 unspecified atom stereocenters. The van der Waals surface area contributed by atoms with Crippen LogP contribution in [0.1, 0.15) is 12.8 Å². The van der Waals surface area contributed by atoms with Crippen LogP contribution in [0.3, 0.4) is 0 Å². The van der Waals surface area contributed by atoms with Gasteiger partial charge in [-0.3, -0.25) is 4.90 Å². The third kappa shape index (κ3) is 1.71. The number of hydrogen-bond donors (Lipinski definition) is 0. The van der Waals surface area contributed by atoms with Gasteiger partial charge < -0.3 is 0 Å². The van der Waals surface area contributed by atoms with E-state index in [2.05, 4.69) is 11.5 Å². The molecule has 0 saturated carbocycles. The SMILES string of the molecule is C=CS(=O)(=O)N1CCN2CCCC2C1. The summed E-state index contributed by atoms with van der Waals surface area (Å²) in [5, 5.41) is 1.05. The predicted octanol–water partition coefficient (Wildman–Crippen LogP) is 0.240. The Bertz CT molecular complexity index is 326. The van der Waals surface area contributed by atoms with E-state index in [1.165, 1.54) is 6.42 Å². The van der Waals surface area contributed by atoms with Crippen molar-refractivity contribution in [2.75, 3.05) is 26.2 Å². The molecule has 5 heteroatoms. The first kappa shape index (κ1) is 10.1. The number of fused-ring (bicyclic) bond motifs is 1. The summed E-state index contributed by atoms with van der Waals surface area (Å²) in [4.78, 5) is 2.38. The Hall–Kier alpha value is -0.390. The molecule has 80 valence electrons. The zero-order valence-corrected chi connectivity index (χ0v) is 9.04. The monoisotopic (exact) mass is 216 g/mol. The molecule has 2 rings (SSSR count). The second-order valence-corrected chi connectivity index (χ2v) is 5.78. The molecule has 4 nitrogen and oxygen atoms in total. The van der Waals surface area contributed by atoms with Gasteiger partial charge in [-0.25, -0.2) is 8.42 Å². The van der Waals surface area contributed by atoms with Crippen molar-refractivity contribution >= 4 is 10.0 Å². The summed E-state index contributed by atoms with van der Waals surface area (Å²) in [6.07, 6.45) is 2.33. The summed E-state index contributed by atoms with van der Waals surface area (Å²) in [6, 6.07) is 0.443. The lowest BCUT2D eigenvalue weighted by Crippen LogP contribution is -2.51. The standard InChI is InChI=1S/C9H16N2O2S/c1-2-14(12,13)11-7-6-10-5-3-4-9(10)8-11/h2,9H,1,3-8H2. The van der Waals surface area contributed by atoms with Crippen molar-refractivity contribution in [3.8, 4) is 0 Å². The van der Waals surface area contributed by atoms with E-state index < -0.39 is 10.0 Å². The number of sulfonamides is 1. The first-order chi connectivity index (χ1) is 6.63. The minimum Gasteiger partial charge on any atom is -0.298 e. The molecule has 1 atom stereocenters. The molecule has 2 aliphatic heterocycles. The Morgan fingerprint density at radius 3 is 2.79 bits per heavy atom. The molecule has 2 saturated heterocycles. The Balaban J connectivity index is 2.08. The lowest BCUT2D eigenvalue weighted by Gasteiger charge is -2.35. The van der Waals surface area contributed by atoms with Crippen LogP contribution < -0.4 is 0 Å². The normalized spacial score (nSPS) is 30.1.